The van der Waals surface area contributed by atoms with Crippen LogP contribution in [-0.4, -0.2) is 32.4 Å². The van der Waals surface area contributed by atoms with Gasteiger partial charge in [0.15, 0.2) is 0 Å². The minimum Gasteiger partial charge on any atom is -0.299 e. The Morgan fingerprint density at radius 2 is 1.52 bits per heavy atom. The predicted octanol–water partition coefficient (Wildman–Crippen LogP) is 5.51. The molecule has 0 unspecified atom stereocenters. The Balaban J connectivity index is 1.55. The highest BCUT2D eigenvalue weighted by Gasteiger charge is 2.34. The van der Waals surface area contributed by atoms with E-state index in [1.165, 1.54) is 5.56 Å². The van der Waals surface area contributed by atoms with Gasteiger partial charge < -0.3 is 0 Å². The third-order valence-electron chi connectivity index (χ3n) is 5.80. The third kappa shape index (κ3) is 5.12. The second-order valence-corrected chi connectivity index (χ2v) is 10.3. The normalized spacial score (nSPS) is 15.7. The van der Waals surface area contributed by atoms with Gasteiger partial charge >= 0.3 is 0 Å². The standard InChI is InChI=1S/C25H27ClN2O2S/c1-20-7-13-23(14-8-20)28(31(29,30)25-5-3-2-4-6-25)24-15-17-27(18-16-24)19-21-9-11-22(26)12-10-21/h2-14,24H,15-19H2,1H3. The average molecular weight is 455 g/mol. The Hall–Kier alpha value is -2.34. The summed E-state index contributed by atoms with van der Waals surface area (Å²) >= 11 is 5.99. The largest absolute Gasteiger partial charge is 0.299 e. The number of nitrogens with zero attached hydrogens (tertiary/aromatic N) is 2. The minimum absolute atomic E-state index is 0.0746. The number of hydrogen-bond acceptors (Lipinski definition) is 3. The van der Waals surface area contributed by atoms with Crippen LogP contribution in [0.5, 0.6) is 0 Å². The topological polar surface area (TPSA) is 40.6 Å². The third-order valence-corrected chi connectivity index (χ3v) is 7.94. The quantitative estimate of drug-likeness (QED) is 0.493. The lowest BCUT2D eigenvalue weighted by Crippen LogP contribution is -2.47. The van der Waals surface area contributed by atoms with Crippen LogP contribution in [-0.2, 0) is 16.6 Å². The van der Waals surface area contributed by atoms with Gasteiger partial charge in [-0.05, 0) is 61.7 Å². The van der Waals surface area contributed by atoms with Crippen molar-refractivity contribution in [3.8, 4) is 0 Å². The maximum absolute atomic E-state index is 13.6. The van der Waals surface area contributed by atoms with Crippen LogP contribution in [0.4, 0.5) is 5.69 Å². The molecule has 0 aliphatic carbocycles. The molecule has 0 N–H and O–H groups in total. The zero-order chi connectivity index (χ0) is 21.8. The van der Waals surface area contributed by atoms with Crippen LogP contribution in [0.3, 0.4) is 0 Å². The molecule has 0 radical (unpaired) electrons. The van der Waals surface area contributed by atoms with Gasteiger partial charge in [0.05, 0.1) is 10.6 Å². The van der Waals surface area contributed by atoms with Crippen molar-refractivity contribution in [2.75, 3.05) is 17.4 Å². The van der Waals surface area contributed by atoms with E-state index in [2.05, 4.69) is 4.90 Å². The van der Waals surface area contributed by atoms with Crippen molar-refractivity contribution in [3.63, 3.8) is 0 Å². The highest BCUT2D eigenvalue weighted by atomic mass is 35.5. The second kappa shape index (κ2) is 9.43. The molecule has 0 saturated carbocycles. The lowest BCUT2D eigenvalue weighted by atomic mass is 10.0. The summed E-state index contributed by atoms with van der Waals surface area (Å²) in [5, 5.41) is 0.738. The van der Waals surface area contributed by atoms with Crippen LogP contribution >= 0.6 is 11.6 Å². The van der Waals surface area contributed by atoms with Crippen LogP contribution in [0, 0.1) is 6.92 Å². The Kier molecular flexibility index (Phi) is 6.65. The molecule has 1 aliphatic heterocycles. The summed E-state index contributed by atoms with van der Waals surface area (Å²) in [5.41, 5.74) is 3.05. The molecule has 3 aromatic carbocycles. The van der Waals surface area contributed by atoms with Crippen molar-refractivity contribution in [1.82, 2.24) is 4.90 Å². The number of rotatable bonds is 6. The predicted molar refractivity (Wildman–Crippen MR) is 127 cm³/mol. The molecule has 0 aromatic heterocycles. The average Bonchev–Trinajstić information content (AvgIpc) is 2.78. The molecule has 0 bridgehead atoms. The van der Waals surface area contributed by atoms with Crippen LogP contribution in [0.2, 0.25) is 5.02 Å². The van der Waals surface area contributed by atoms with Gasteiger partial charge in [0.1, 0.15) is 0 Å². The molecule has 4 nitrogen and oxygen atoms in total. The van der Waals surface area contributed by atoms with Crippen molar-refractivity contribution < 1.29 is 8.42 Å². The fourth-order valence-corrected chi connectivity index (χ4v) is 5.96. The van der Waals surface area contributed by atoms with E-state index in [4.69, 9.17) is 11.6 Å². The molecule has 0 spiro atoms. The molecular weight excluding hydrogens is 428 g/mol. The maximum Gasteiger partial charge on any atom is 0.264 e. The molecule has 0 atom stereocenters. The first kappa shape index (κ1) is 21.9. The zero-order valence-electron chi connectivity index (χ0n) is 17.6. The Morgan fingerprint density at radius 3 is 2.13 bits per heavy atom. The number of piperidine rings is 1. The van der Waals surface area contributed by atoms with Crippen molar-refractivity contribution in [2.24, 2.45) is 0 Å². The highest BCUT2D eigenvalue weighted by molar-refractivity contribution is 7.92. The minimum atomic E-state index is -3.65. The lowest BCUT2D eigenvalue weighted by molar-refractivity contribution is 0.206. The molecule has 3 aromatic rings. The molecule has 4 rings (SSSR count). The molecule has 162 valence electrons. The molecule has 6 heteroatoms. The Bertz CT molecular complexity index is 1090. The summed E-state index contributed by atoms with van der Waals surface area (Å²) in [4.78, 5) is 2.71. The summed E-state index contributed by atoms with van der Waals surface area (Å²) in [6.07, 6.45) is 1.57. The number of halogens is 1. The fourth-order valence-electron chi connectivity index (χ4n) is 4.10. The van der Waals surface area contributed by atoms with Gasteiger partial charge in [0.25, 0.3) is 10.0 Å². The summed E-state index contributed by atoms with van der Waals surface area (Å²) in [6, 6.07) is 24.3. The van der Waals surface area contributed by atoms with Crippen molar-refractivity contribution >= 4 is 27.3 Å². The van der Waals surface area contributed by atoms with Gasteiger partial charge in [-0.1, -0.05) is 59.6 Å². The SMILES string of the molecule is Cc1ccc(N(C2CCN(Cc3ccc(Cl)cc3)CC2)S(=O)(=O)c2ccccc2)cc1. The number of likely N-dealkylation sites (tertiary alicyclic amines) is 1. The number of hydrogen-bond donors (Lipinski definition) is 0. The van der Waals surface area contributed by atoms with E-state index in [0.717, 1.165) is 48.7 Å². The van der Waals surface area contributed by atoms with Crippen molar-refractivity contribution in [3.05, 3.63) is 95.0 Å². The van der Waals surface area contributed by atoms with Gasteiger partial charge in [-0.25, -0.2) is 8.42 Å². The Morgan fingerprint density at radius 1 is 0.903 bits per heavy atom. The first-order valence-electron chi connectivity index (χ1n) is 10.6. The second-order valence-electron chi connectivity index (χ2n) is 8.08. The number of aryl methyl sites for hydroxylation is 1. The summed E-state index contributed by atoms with van der Waals surface area (Å²) < 4.78 is 28.9. The number of benzene rings is 3. The molecule has 1 heterocycles. The molecule has 1 saturated heterocycles. The lowest BCUT2D eigenvalue weighted by Gasteiger charge is -2.39. The zero-order valence-corrected chi connectivity index (χ0v) is 19.2. The van der Waals surface area contributed by atoms with Crippen LogP contribution in [0.25, 0.3) is 0 Å². The number of sulfonamides is 1. The van der Waals surface area contributed by atoms with Crippen molar-refractivity contribution in [2.45, 2.75) is 37.2 Å². The van der Waals surface area contributed by atoms with Crippen LogP contribution in [0.15, 0.2) is 83.8 Å². The maximum atomic E-state index is 13.6. The van der Waals surface area contributed by atoms with E-state index >= 15 is 0 Å². The van der Waals surface area contributed by atoms with Gasteiger partial charge in [0.2, 0.25) is 0 Å². The van der Waals surface area contributed by atoms with E-state index < -0.39 is 10.0 Å². The smallest absolute Gasteiger partial charge is 0.264 e. The number of anilines is 1. The van der Waals surface area contributed by atoms with Crippen LogP contribution < -0.4 is 4.31 Å². The van der Waals surface area contributed by atoms with Gasteiger partial charge in [-0.3, -0.25) is 9.21 Å². The van der Waals surface area contributed by atoms with E-state index in [0.29, 0.717) is 4.90 Å². The fraction of sp³-hybridized carbons (Fsp3) is 0.280. The first-order valence-corrected chi connectivity index (χ1v) is 12.4. The van der Waals surface area contributed by atoms with Gasteiger partial charge in [-0.15, -0.1) is 0 Å². The summed E-state index contributed by atoms with van der Waals surface area (Å²) in [5.74, 6) is 0. The molecular formula is C25H27ClN2O2S. The van der Waals surface area contributed by atoms with Gasteiger partial charge in [0, 0.05) is 30.7 Å². The first-order chi connectivity index (χ1) is 14.9. The van der Waals surface area contributed by atoms with Crippen LogP contribution in [0.1, 0.15) is 24.0 Å². The molecule has 1 aliphatic rings. The molecule has 0 amide bonds. The molecule has 31 heavy (non-hydrogen) atoms. The highest BCUT2D eigenvalue weighted by Crippen LogP contribution is 2.31. The van der Waals surface area contributed by atoms with Crippen molar-refractivity contribution in [1.29, 1.82) is 0 Å². The summed E-state index contributed by atoms with van der Waals surface area (Å²) in [7, 11) is -3.65. The Labute approximate surface area is 190 Å². The molecule has 1 fully saturated rings. The van der Waals surface area contributed by atoms with E-state index in [9.17, 15) is 8.42 Å². The van der Waals surface area contributed by atoms with E-state index in [1.807, 2.05) is 61.5 Å². The monoisotopic (exact) mass is 454 g/mol. The van der Waals surface area contributed by atoms with E-state index in [-0.39, 0.29) is 6.04 Å². The van der Waals surface area contributed by atoms with E-state index in [1.54, 1.807) is 28.6 Å². The van der Waals surface area contributed by atoms with Gasteiger partial charge in [-0.2, -0.15) is 0 Å². The summed E-state index contributed by atoms with van der Waals surface area (Å²) in [6.45, 7) is 4.55.